The molecule has 140 valence electrons. The lowest BCUT2D eigenvalue weighted by atomic mass is 9.99. The Bertz CT molecular complexity index is 615. The fourth-order valence-corrected chi connectivity index (χ4v) is 4.14. The van der Waals surface area contributed by atoms with Crippen LogP contribution in [-0.4, -0.2) is 52.6 Å². The topological polar surface area (TPSA) is 86.7 Å². The van der Waals surface area contributed by atoms with Crippen molar-refractivity contribution < 1.29 is 32.7 Å². The number of carboxylic acids is 1. The number of halogens is 3. The fourth-order valence-electron chi connectivity index (χ4n) is 4.14. The normalized spacial score (nSPS) is 31.2. The molecule has 0 radical (unpaired) electrons. The summed E-state index contributed by atoms with van der Waals surface area (Å²) in [7, 11) is 0. The van der Waals surface area contributed by atoms with Gasteiger partial charge in [0.2, 0.25) is 5.91 Å². The number of carbonyl (C=O) groups excluding carboxylic acids is 2. The molecule has 0 bridgehead atoms. The van der Waals surface area contributed by atoms with Gasteiger partial charge in [0.05, 0.1) is 0 Å². The van der Waals surface area contributed by atoms with Gasteiger partial charge in [0, 0.05) is 12.5 Å². The number of piperidine rings is 1. The van der Waals surface area contributed by atoms with Crippen molar-refractivity contribution in [1.82, 2.24) is 10.2 Å². The average molecular weight is 362 g/mol. The number of hydrogen-bond donors (Lipinski definition) is 2. The maximum Gasteiger partial charge on any atom is 0.471 e. The standard InChI is InChI=1S/C16H21F3N2O4/c1-15(2)8-6-21(11(10(8)15)13(23)24)12(22)9(5-7-3-4-7)20-14(25)16(17,18)19/h7-11H,3-6H2,1-2H3,(H,20,25)(H,23,24)/t8-,9?,10-,11-/m0/s1. The minimum absolute atomic E-state index is 0.0254. The minimum Gasteiger partial charge on any atom is -0.480 e. The van der Waals surface area contributed by atoms with E-state index in [1.807, 2.05) is 13.8 Å². The van der Waals surface area contributed by atoms with Crippen LogP contribution in [0.1, 0.15) is 33.1 Å². The number of rotatable bonds is 5. The largest absolute Gasteiger partial charge is 0.480 e. The van der Waals surface area contributed by atoms with E-state index in [1.165, 1.54) is 0 Å². The van der Waals surface area contributed by atoms with Crippen molar-refractivity contribution in [2.75, 3.05) is 6.54 Å². The highest BCUT2D eigenvalue weighted by Crippen LogP contribution is 2.64. The summed E-state index contributed by atoms with van der Waals surface area (Å²) in [6, 6.07) is -2.37. The Morgan fingerprint density at radius 2 is 1.88 bits per heavy atom. The van der Waals surface area contributed by atoms with Crippen LogP contribution in [0.4, 0.5) is 13.2 Å². The van der Waals surface area contributed by atoms with E-state index in [0.29, 0.717) is 0 Å². The summed E-state index contributed by atoms with van der Waals surface area (Å²) in [5.41, 5.74) is -0.193. The van der Waals surface area contributed by atoms with Gasteiger partial charge in [-0.3, -0.25) is 9.59 Å². The highest BCUT2D eigenvalue weighted by Gasteiger charge is 2.69. The summed E-state index contributed by atoms with van der Waals surface area (Å²) in [6.45, 7) is 4.05. The van der Waals surface area contributed by atoms with Crippen LogP contribution in [0.5, 0.6) is 0 Å². The zero-order valence-electron chi connectivity index (χ0n) is 14.0. The van der Waals surface area contributed by atoms with Gasteiger partial charge in [0.25, 0.3) is 0 Å². The first-order valence-electron chi connectivity index (χ1n) is 8.35. The molecule has 4 atom stereocenters. The molecule has 1 unspecified atom stereocenters. The maximum atomic E-state index is 12.7. The van der Waals surface area contributed by atoms with Crippen LogP contribution < -0.4 is 5.32 Å². The molecule has 3 rings (SSSR count). The summed E-state index contributed by atoms with van der Waals surface area (Å²) in [6.07, 6.45) is -3.37. The lowest BCUT2D eigenvalue weighted by Gasteiger charge is -2.31. The second kappa shape index (κ2) is 5.60. The van der Waals surface area contributed by atoms with Crippen LogP contribution in [0.25, 0.3) is 0 Å². The molecule has 2 N–H and O–H groups in total. The van der Waals surface area contributed by atoms with Gasteiger partial charge < -0.3 is 15.3 Å². The van der Waals surface area contributed by atoms with Gasteiger partial charge in [-0.25, -0.2) is 4.79 Å². The first-order chi connectivity index (χ1) is 11.4. The molecule has 0 spiro atoms. The smallest absolute Gasteiger partial charge is 0.471 e. The molecule has 1 saturated heterocycles. The van der Waals surface area contributed by atoms with E-state index in [1.54, 1.807) is 5.32 Å². The number of aliphatic carboxylic acids is 1. The van der Waals surface area contributed by atoms with Gasteiger partial charge in [0.1, 0.15) is 12.1 Å². The lowest BCUT2D eigenvalue weighted by molar-refractivity contribution is -0.175. The summed E-state index contributed by atoms with van der Waals surface area (Å²) in [5.74, 6) is -4.12. The average Bonchev–Trinajstić information content (AvgIpc) is 3.32. The minimum atomic E-state index is -5.08. The Labute approximate surface area is 142 Å². The van der Waals surface area contributed by atoms with Crippen molar-refractivity contribution >= 4 is 17.8 Å². The van der Waals surface area contributed by atoms with Crippen molar-refractivity contribution in [3.05, 3.63) is 0 Å². The number of nitrogens with one attached hydrogen (secondary N) is 1. The monoisotopic (exact) mass is 362 g/mol. The molecule has 2 amide bonds. The molecular formula is C16H21F3N2O4. The van der Waals surface area contributed by atoms with Gasteiger partial charge in [-0.15, -0.1) is 0 Å². The maximum absolute atomic E-state index is 12.7. The van der Waals surface area contributed by atoms with Crippen LogP contribution in [0.2, 0.25) is 0 Å². The summed E-state index contributed by atoms with van der Waals surface area (Å²) in [5, 5.41) is 11.3. The lowest BCUT2D eigenvalue weighted by Crippen LogP contribution is -2.55. The number of carboxylic acid groups (broad SMARTS) is 1. The van der Waals surface area contributed by atoms with E-state index in [-0.39, 0.29) is 36.1 Å². The van der Waals surface area contributed by atoms with Crippen molar-refractivity contribution in [1.29, 1.82) is 0 Å². The third kappa shape index (κ3) is 3.20. The fraction of sp³-hybridized carbons (Fsp3) is 0.812. The summed E-state index contributed by atoms with van der Waals surface area (Å²) >= 11 is 0. The Morgan fingerprint density at radius 3 is 2.36 bits per heavy atom. The van der Waals surface area contributed by atoms with Crippen LogP contribution in [0, 0.1) is 23.2 Å². The van der Waals surface area contributed by atoms with E-state index in [2.05, 4.69) is 0 Å². The third-order valence-corrected chi connectivity index (χ3v) is 5.87. The van der Waals surface area contributed by atoms with Crippen LogP contribution in [0.15, 0.2) is 0 Å². The quantitative estimate of drug-likeness (QED) is 0.774. The highest BCUT2D eigenvalue weighted by atomic mass is 19.4. The summed E-state index contributed by atoms with van der Waals surface area (Å²) < 4.78 is 37.6. The first-order valence-corrected chi connectivity index (χ1v) is 8.35. The molecule has 1 aliphatic heterocycles. The molecule has 25 heavy (non-hydrogen) atoms. The SMILES string of the molecule is CC1(C)[C@@H]2[C@@H](C(=O)O)N(C(=O)C(CC3CC3)NC(=O)C(F)(F)F)C[C@@H]21. The zero-order valence-corrected chi connectivity index (χ0v) is 14.0. The first kappa shape index (κ1) is 18.0. The Kier molecular flexibility index (Phi) is 4.04. The molecule has 2 saturated carbocycles. The number of hydrogen-bond acceptors (Lipinski definition) is 3. The zero-order chi connectivity index (χ0) is 18.7. The molecule has 3 fully saturated rings. The van der Waals surface area contributed by atoms with E-state index >= 15 is 0 Å². The molecule has 9 heteroatoms. The van der Waals surface area contributed by atoms with Crippen LogP contribution in [-0.2, 0) is 14.4 Å². The van der Waals surface area contributed by atoms with Crippen molar-refractivity contribution in [2.24, 2.45) is 23.2 Å². The van der Waals surface area contributed by atoms with E-state index in [9.17, 15) is 32.7 Å². The Hall–Kier alpha value is -1.80. The van der Waals surface area contributed by atoms with Crippen LogP contribution in [0.3, 0.4) is 0 Å². The molecule has 0 aromatic carbocycles. The highest BCUT2D eigenvalue weighted by molar-refractivity contribution is 5.92. The molecule has 2 aliphatic carbocycles. The number of amides is 2. The van der Waals surface area contributed by atoms with Gasteiger partial charge in [0.15, 0.2) is 0 Å². The molecular weight excluding hydrogens is 341 g/mol. The van der Waals surface area contributed by atoms with Gasteiger partial charge >= 0.3 is 18.1 Å². The molecule has 0 aromatic rings. The number of nitrogens with zero attached hydrogens (tertiary/aromatic N) is 1. The van der Waals surface area contributed by atoms with Crippen LogP contribution >= 0.6 is 0 Å². The van der Waals surface area contributed by atoms with E-state index < -0.39 is 36.0 Å². The number of fused-ring (bicyclic) bond motifs is 1. The van der Waals surface area contributed by atoms with Gasteiger partial charge in [-0.1, -0.05) is 26.7 Å². The third-order valence-electron chi connectivity index (χ3n) is 5.87. The number of likely N-dealkylation sites (tertiary alicyclic amines) is 1. The second-order valence-corrected chi connectivity index (χ2v) is 7.93. The molecule has 6 nitrogen and oxygen atoms in total. The van der Waals surface area contributed by atoms with Crippen molar-refractivity contribution in [3.63, 3.8) is 0 Å². The molecule has 1 heterocycles. The number of alkyl halides is 3. The van der Waals surface area contributed by atoms with E-state index in [4.69, 9.17) is 0 Å². The van der Waals surface area contributed by atoms with Crippen molar-refractivity contribution in [2.45, 2.75) is 51.4 Å². The summed E-state index contributed by atoms with van der Waals surface area (Å²) in [4.78, 5) is 36.8. The molecule has 3 aliphatic rings. The van der Waals surface area contributed by atoms with E-state index in [0.717, 1.165) is 17.7 Å². The van der Waals surface area contributed by atoms with Crippen molar-refractivity contribution in [3.8, 4) is 0 Å². The predicted molar refractivity (Wildman–Crippen MR) is 79.2 cm³/mol. The molecule has 0 aromatic heterocycles. The second-order valence-electron chi connectivity index (χ2n) is 7.93. The number of carbonyl (C=O) groups is 3. The van der Waals surface area contributed by atoms with Gasteiger partial charge in [-0.2, -0.15) is 13.2 Å². The van der Waals surface area contributed by atoms with Gasteiger partial charge in [-0.05, 0) is 23.7 Å². The Morgan fingerprint density at radius 1 is 1.28 bits per heavy atom. The predicted octanol–water partition coefficient (Wildman–Crippen LogP) is 1.40. The Balaban J connectivity index is 1.75.